The molecular weight excluding hydrogens is 374 g/mol. The summed E-state index contributed by atoms with van der Waals surface area (Å²) in [5.41, 5.74) is 7.55. The first-order chi connectivity index (χ1) is 12.3. The Morgan fingerprint density at radius 3 is 2.58 bits per heavy atom. The average Bonchev–Trinajstić information content (AvgIpc) is 2.98. The number of anilines is 3. The summed E-state index contributed by atoms with van der Waals surface area (Å²) >= 11 is 0. The van der Waals surface area contributed by atoms with E-state index >= 15 is 0 Å². The molecule has 0 radical (unpaired) electrons. The van der Waals surface area contributed by atoms with Crippen LogP contribution in [0.3, 0.4) is 0 Å². The number of rotatable bonds is 6. The third kappa shape index (κ3) is 3.80. The molecule has 1 unspecified atom stereocenters. The molecule has 1 aliphatic heterocycles. The third-order valence-corrected chi connectivity index (χ3v) is 6.46. The second-order valence-electron chi connectivity index (χ2n) is 6.09. The van der Waals surface area contributed by atoms with Crippen LogP contribution in [0.25, 0.3) is 0 Å². The number of hydrogen-bond donors (Lipinski definition) is 2. The van der Waals surface area contributed by atoms with Crippen molar-refractivity contribution in [1.82, 2.24) is 9.97 Å². The van der Waals surface area contributed by atoms with Crippen molar-refractivity contribution >= 4 is 38.0 Å². The van der Waals surface area contributed by atoms with Crippen LogP contribution < -0.4 is 16.0 Å². The first-order valence-corrected chi connectivity index (χ1v) is 11.3. The maximum absolute atomic E-state index is 12.2. The summed E-state index contributed by atoms with van der Waals surface area (Å²) < 4.78 is 35.4. The summed E-state index contributed by atoms with van der Waals surface area (Å²) in [5.74, 6) is 1.38. The van der Waals surface area contributed by atoms with Gasteiger partial charge >= 0.3 is 0 Å². The minimum absolute atomic E-state index is 0.240. The van der Waals surface area contributed by atoms with E-state index in [9.17, 15) is 12.6 Å². The van der Waals surface area contributed by atoms with Gasteiger partial charge in [-0.15, -0.1) is 0 Å². The van der Waals surface area contributed by atoms with Crippen LogP contribution in [-0.4, -0.2) is 41.3 Å². The van der Waals surface area contributed by atoms with Crippen molar-refractivity contribution in [1.29, 1.82) is 0 Å². The minimum atomic E-state index is -3.22. The fraction of sp³-hybridized carbons (Fsp3) is 0.375. The molecule has 140 valence electrons. The zero-order valence-electron chi connectivity index (χ0n) is 14.6. The summed E-state index contributed by atoms with van der Waals surface area (Å²) in [4.78, 5) is 10.8. The van der Waals surface area contributed by atoms with Crippen LogP contribution in [-0.2, 0) is 27.2 Å². The molecule has 0 saturated carbocycles. The maximum Gasteiger partial charge on any atom is 0.222 e. The van der Waals surface area contributed by atoms with Gasteiger partial charge in [-0.2, -0.15) is 0 Å². The monoisotopic (exact) mass is 395 g/mol. The molecule has 1 aliphatic rings. The van der Waals surface area contributed by atoms with Gasteiger partial charge in [0.05, 0.1) is 22.4 Å². The molecule has 0 fully saturated rings. The van der Waals surface area contributed by atoms with Crippen molar-refractivity contribution in [2.75, 3.05) is 34.6 Å². The Balaban J connectivity index is 1.86. The average molecular weight is 396 g/mol. The molecular formula is C16H21N5O3S2. The SMILES string of the molecule is CCCS(=O)c1nc(N)c2c(n1)N(Cc1ccc(S(C)(=O)=O)cc1)CN2. The topological polar surface area (TPSA) is 118 Å². The lowest BCUT2D eigenvalue weighted by atomic mass is 10.2. The smallest absolute Gasteiger partial charge is 0.222 e. The molecule has 26 heavy (non-hydrogen) atoms. The molecule has 2 aromatic rings. The zero-order valence-corrected chi connectivity index (χ0v) is 16.2. The maximum atomic E-state index is 12.2. The molecule has 1 atom stereocenters. The lowest BCUT2D eigenvalue weighted by Crippen LogP contribution is -2.23. The summed E-state index contributed by atoms with van der Waals surface area (Å²) in [6.07, 6.45) is 1.95. The van der Waals surface area contributed by atoms with Crippen molar-refractivity contribution in [3.05, 3.63) is 29.8 Å². The third-order valence-electron chi connectivity index (χ3n) is 3.96. The van der Waals surface area contributed by atoms with Crippen molar-refractivity contribution in [2.45, 2.75) is 29.9 Å². The van der Waals surface area contributed by atoms with E-state index in [-0.39, 0.29) is 15.9 Å². The van der Waals surface area contributed by atoms with Gasteiger partial charge in [-0.25, -0.2) is 18.4 Å². The molecule has 0 saturated heterocycles. The number of sulfone groups is 1. The molecule has 1 aromatic heterocycles. The molecule has 3 rings (SSSR count). The van der Waals surface area contributed by atoms with Gasteiger partial charge in [0.25, 0.3) is 0 Å². The van der Waals surface area contributed by atoms with Gasteiger partial charge in [0, 0.05) is 18.6 Å². The number of fused-ring (bicyclic) bond motifs is 1. The van der Waals surface area contributed by atoms with Crippen molar-refractivity contribution < 1.29 is 12.6 Å². The largest absolute Gasteiger partial charge is 0.382 e. The Morgan fingerprint density at radius 1 is 1.27 bits per heavy atom. The van der Waals surface area contributed by atoms with Gasteiger partial charge < -0.3 is 16.0 Å². The highest BCUT2D eigenvalue weighted by Gasteiger charge is 2.25. The number of aromatic nitrogens is 2. The first kappa shape index (κ1) is 18.6. The van der Waals surface area contributed by atoms with Gasteiger partial charge in [0.1, 0.15) is 5.69 Å². The van der Waals surface area contributed by atoms with E-state index in [2.05, 4.69) is 15.3 Å². The Hall–Kier alpha value is -2.20. The molecule has 8 nitrogen and oxygen atoms in total. The minimum Gasteiger partial charge on any atom is -0.382 e. The summed E-state index contributed by atoms with van der Waals surface area (Å²) in [6.45, 7) is 2.95. The fourth-order valence-electron chi connectivity index (χ4n) is 2.66. The van der Waals surface area contributed by atoms with Crippen molar-refractivity contribution in [3.63, 3.8) is 0 Å². The van der Waals surface area contributed by atoms with Crippen LogP contribution in [0.5, 0.6) is 0 Å². The van der Waals surface area contributed by atoms with E-state index in [1.807, 2.05) is 11.8 Å². The zero-order chi connectivity index (χ0) is 18.9. The first-order valence-electron chi connectivity index (χ1n) is 8.13. The molecule has 0 aliphatic carbocycles. The molecule has 2 heterocycles. The summed E-state index contributed by atoms with van der Waals surface area (Å²) in [5, 5.41) is 3.39. The molecule has 3 N–H and O–H groups in total. The van der Waals surface area contributed by atoms with E-state index in [1.165, 1.54) is 6.26 Å². The standard InChI is InChI=1S/C16H21N5O3S2/c1-3-8-25(22)16-19-14(17)13-15(20-16)21(10-18-13)9-11-4-6-12(7-5-11)26(2,23)24/h4-7,18H,3,8-10H2,1-2H3,(H2,17,19,20). The van der Waals surface area contributed by atoms with Crippen molar-refractivity contribution in [3.8, 4) is 0 Å². The van der Waals surface area contributed by atoms with Crippen LogP contribution in [0.1, 0.15) is 18.9 Å². The number of nitrogens with one attached hydrogen (secondary N) is 1. The number of nitrogen functional groups attached to an aromatic ring is 1. The lowest BCUT2D eigenvalue weighted by Gasteiger charge is -2.17. The number of nitrogens with two attached hydrogens (primary N) is 1. The number of nitrogens with zero attached hydrogens (tertiary/aromatic N) is 3. The highest BCUT2D eigenvalue weighted by molar-refractivity contribution is 7.90. The van der Waals surface area contributed by atoms with Gasteiger partial charge in [-0.05, 0) is 24.1 Å². The van der Waals surface area contributed by atoms with E-state index < -0.39 is 20.6 Å². The summed E-state index contributed by atoms with van der Waals surface area (Å²) in [7, 11) is -4.50. The van der Waals surface area contributed by atoms with Gasteiger partial charge in [-0.1, -0.05) is 19.1 Å². The van der Waals surface area contributed by atoms with Crippen LogP contribution in [0.15, 0.2) is 34.3 Å². The molecule has 0 bridgehead atoms. The van der Waals surface area contributed by atoms with E-state index in [4.69, 9.17) is 5.73 Å². The highest BCUT2D eigenvalue weighted by Crippen LogP contribution is 2.34. The van der Waals surface area contributed by atoms with Crippen LogP contribution in [0.2, 0.25) is 0 Å². The van der Waals surface area contributed by atoms with E-state index in [0.717, 1.165) is 12.0 Å². The predicted molar refractivity (Wildman–Crippen MR) is 102 cm³/mol. The molecule has 0 amide bonds. The van der Waals surface area contributed by atoms with Crippen LogP contribution in [0.4, 0.5) is 17.3 Å². The quantitative estimate of drug-likeness (QED) is 0.704. The van der Waals surface area contributed by atoms with Gasteiger partial charge in [0.15, 0.2) is 21.5 Å². The fourth-order valence-corrected chi connectivity index (χ4v) is 4.24. The van der Waals surface area contributed by atoms with Gasteiger partial charge in [-0.3, -0.25) is 4.21 Å². The van der Waals surface area contributed by atoms with Gasteiger partial charge in [0.2, 0.25) is 5.16 Å². The second kappa shape index (κ2) is 7.20. The Morgan fingerprint density at radius 2 is 1.96 bits per heavy atom. The lowest BCUT2D eigenvalue weighted by molar-refractivity contribution is 0.602. The van der Waals surface area contributed by atoms with Crippen molar-refractivity contribution in [2.24, 2.45) is 0 Å². The molecule has 10 heteroatoms. The van der Waals surface area contributed by atoms with Crippen LogP contribution >= 0.6 is 0 Å². The summed E-state index contributed by atoms with van der Waals surface area (Å²) in [6, 6.07) is 6.72. The predicted octanol–water partition coefficient (Wildman–Crippen LogP) is 1.37. The van der Waals surface area contributed by atoms with E-state index in [1.54, 1.807) is 24.3 Å². The number of hydrogen-bond acceptors (Lipinski definition) is 8. The van der Waals surface area contributed by atoms with Crippen LogP contribution in [0, 0.1) is 0 Å². The Labute approximate surface area is 155 Å². The second-order valence-corrected chi connectivity index (χ2v) is 9.57. The normalized spacial score (nSPS) is 14.8. The van der Waals surface area contributed by atoms with E-state index in [0.29, 0.717) is 30.5 Å². The Kier molecular flexibility index (Phi) is 5.15. The molecule has 0 spiro atoms. The number of benzene rings is 1. The highest BCUT2D eigenvalue weighted by atomic mass is 32.2. The molecule has 1 aromatic carbocycles. The Bertz CT molecular complexity index is 945.